The van der Waals surface area contributed by atoms with Gasteiger partial charge in [-0.1, -0.05) is 42.8 Å². The summed E-state index contributed by atoms with van der Waals surface area (Å²) in [4.78, 5) is 12.3. The fraction of sp³-hybridized carbons (Fsp3) is 0.133. The Morgan fingerprint density at radius 3 is 2.38 bits per heavy atom. The zero-order valence-electron chi connectivity index (χ0n) is 11.3. The molecule has 1 amide bonds. The van der Waals surface area contributed by atoms with Crippen LogP contribution in [0.3, 0.4) is 0 Å². The van der Waals surface area contributed by atoms with Crippen molar-refractivity contribution in [2.24, 2.45) is 0 Å². The molecule has 0 aliphatic heterocycles. The summed E-state index contributed by atoms with van der Waals surface area (Å²) >= 11 is 5.98. The minimum Gasteiger partial charge on any atom is -0.321 e. The molecule has 21 heavy (non-hydrogen) atoms. The number of hydrogen-bond donors (Lipinski definition) is 1. The summed E-state index contributed by atoms with van der Waals surface area (Å²) in [6.45, 7) is 1.54. The molecule has 0 unspecified atom stereocenters. The number of benzene rings is 2. The Morgan fingerprint density at radius 2 is 1.71 bits per heavy atom. The lowest BCUT2D eigenvalue weighted by atomic mass is 10.2. The van der Waals surface area contributed by atoms with E-state index < -0.39 is 15.7 Å². The van der Waals surface area contributed by atoms with Gasteiger partial charge in [-0.15, -0.1) is 0 Å². The third-order valence-electron chi connectivity index (χ3n) is 2.97. The minimum atomic E-state index is -3.47. The lowest BCUT2D eigenvalue weighted by Gasteiger charge is -2.10. The fourth-order valence-electron chi connectivity index (χ4n) is 1.83. The Bertz CT molecular complexity index is 772. The molecule has 0 aliphatic carbocycles. The molecule has 1 N–H and O–H groups in total. The predicted molar refractivity (Wildman–Crippen MR) is 83.6 cm³/mol. The van der Waals surface area contributed by atoms with Gasteiger partial charge in [0.25, 0.3) is 5.91 Å². The average molecular weight is 324 g/mol. The average Bonchev–Trinajstić information content (AvgIpc) is 2.49. The van der Waals surface area contributed by atoms with Gasteiger partial charge in [0.2, 0.25) is 0 Å². The maximum atomic E-state index is 12.3. The number of carbonyl (C=O) groups excluding carboxylic acids is 1. The summed E-state index contributed by atoms with van der Waals surface area (Å²) in [6, 6.07) is 12.9. The number of halogens is 1. The molecule has 0 aliphatic rings. The summed E-state index contributed by atoms with van der Waals surface area (Å²) in [5, 5.41) is 3.02. The standard InChI is InChI=1S/C15H14ClNO3S/c1-2-21(19,20)14-10-6-3-7-11(14)15(18)17-13-9-5-4-8-12(13)16/h3-10H,2H2,1H3,(H,17,18). The number of hydrogen-bond acceptors (Lipinski definition) is 3. The van der Waals surface area contributed by atoms with E-state index in [0.29, 0.717) is 10.7 Å². The molecule has 6 heteroatoms. The highest BCUT2D eigenvalue weighted by molar-refractivity contribution is 7.91. The first-order valence-corrected chi connectivity index (χ1v) is 8.36. The van der Waals surface area contributed by atoms with Gasteiger partial charge in [-0.05, 0) is 24.3 Å². The highest BCUT2D eigenvalue weighted by atomic mass is 35.5. The Balaban J connectivity index is 2.39. The second-order valence-corrected chi connectivity index (χ2v) is 6.99. The number of para-hydroxylation sites is 1. The molecule has 0 saturated carbocycles. The third kappa shape index (κ3) is 3.43. The van der Waals surface area contributed by atoms with E-state index in [2.05, 4.69) is 5.32 Å². The molecule has 0 atom stereocenters. The van der Waals surface area contributed by atoms with Gasteiger partial charge >= 0.3 is 0 Å². The summed E-state index contributed by atoms with van der Waals surface area (Å²) in [5.74, 6) is -0.570. The van der Waals surface area contributed by atoms with Crippen LogP contribution in [0.2, 0.25) is 5.02 Å². The van der Waals surface area contributed by atoms with Gasteiger partial charge in [0.15, 0.2) is 9.84 Å². The number of anilines is 1. The minimum absolute atomic E-state index is 0.0250. The molecule has 0 radical (unpaired) electrons. The Morgan fingerprint density at radius 1 is 1.10 bits per heavy atom. The van der Waals surface area contributed by atoms with Crippen LogP contribution < -0.4 is 5.32 Å². The van der Waals surface area contributed by atoms with Gasteiger partial charge in [0.1, 0.15) is 0 Å². The molecule has 4 nitrogen and oxygen atoms in total. The van der Waals surface area contributed by atoms with Crippen molar-refractivity contribution >= 4 is 33.0 Å². The highest BCUT2D eigenvalue weighted by Gasteiger charge is 2.20. The second-order valence-electron chi connectivity index (χ2n) is 4.33. The normalized spacial score (nSPS) is 11.1. The van der Waals surface area contributed by atoms with Gasteiger partial charge in [-0.2, -0.15) is 0 Å². The van der Waals surface area contributed by atoms with Crippen LogP contribution in [0.1, 0.15) is 17.3 Å². The number of amides is 1. The summed E-state index contributed by atoms with van der Waals surface area (Å²) < 4.78 is 24.1. The second kappa shape index (κ2) is 6.28. The first-order valence-electron chi connectivity index (χ1n) is 6.33. The molecule has 2 aromatic carbocycles. The molecule has 110 valence electrons. The van der Waals surface area contributed by atoms with Crippen LogP contribution in [0.4, 0.5) is 5.69 Å². The zero-order chi connectivity index (χ0) is 15.5. The molecular formula is C15H14ClNO3S. The van der Waals surface area contributed by atoms with Crippen LogP contribution >= 0.6 is 11.6 Å². The predicted octanol–water partition coefficient (Wildman–Crippen LogP) is 3.39. The van der Waals surface area contributed by atoms with E-state index in [0.717, 1.165) is 0 Å². The van der Waals surface area contributed by atoms with Gasteiger partial charge in [-0.3, -0.25) is 4.79 Å². The van der Waals surface area contributed by atoms with Crippen molar-refractivity contribution in [1.29, 1.82) is 0 Å². The Kier molecular flexibility index (Phi) is 4.65. The number of sulfone groups is 1. The molecule has 0 saturated heterocycles. The van der Waals surface area contributed by atoms with Crippen LogP contribution in [-0.4, -0.2) is 20.1 Å². The lowest BCUT2D eigenvalue weighted by Crippen LogP contribution is -2.17. The number of nitrogens with one attached hydrogen (secondary N) is 1. The van der Waals surface area contributed by atoms with Gasteiger partial charge < -0.3 is 5.32 Å². The van der Waals surface area contributed by atoms with E-state index in [1.807, 2.05) is 0 Å². The van der Waals surface area contributed by atoms with Crippen molar-refractivity contribution in [2.75, 3.05) is 11.1 Å². The quantitative estimate of drug-likeness (QED) is 0.938. The number of carbonyl (C=O) groups is 1. The summed E-state index contributed by atoms with van der Waals surface area (Å²) in [6.07, 6.45) is 0. The first kappa shape index (κ1) is 15.5. The monoisotopic (exact) mass is 323 g/mol. The SMILES string of the molecule is CCS(=O)(=O)c1ccccc1C(=O)Nc1ccccc1Cl. The largest absolute Gasteiger partial charge is 0.321 e. The summed E-state index contributed by atoms with van der Waals surface area (Å²) in [7, 11) is -3.47. The van der Waals surface area contributed by atoms with E-state index in [1.165, 1.54) is 19.1 Å². The first-order chi connectivity index (χ1) is 9.95. The van der Waals surface area contributed by atoms with E-state index >= 15 is 0 Å². The van der Waals surface area contributed by atoms with Gasteiger partial charge in [0, 0.05) is 0 Å². The maximum absolute atomic E-state index is 12.3. The Hall–Kier alpha value is -1.85. The van der Waals surface area contributed by atoms with Crippen molar-refractivity contribution in [3.8, 4) is 0 Å². The van der Waals surface area contributed by atoms with E-state index in [-0.39, 0.29) is 16.2 Å². The zero-order valence-corrected chi connectivity index (χ0v) is 12.9. The van der Waals surface area contributed by atoms with Crippen molar-refractivity contribution in [3.63, 3.8) is 0 Å². The van der Waals surface area contributed by atoms with E-state index in [1.54, 1.807) is 36.4 Å². The van der Waals surface area contributed by atoms with Crippen molar-refractivity contribution in [1.82, 2.24) is 0 Å². The summed E-state index contributed by atoms with van der Waals surface area (Å²) in [5.41, 5.74) is 0.548. The fourth-order valence-corrected chi connectivity index (χ4v) is 3.11. The smallest absolute Gasteiger partial charge is 0.257 e. The van der Waals surface area contributed by atoms with Crippen LogP contribution in [-0.2, 0) is 9.84 Å². The van der Waals surface area contributed by atoms with Crippen molar-refractivity contribution in [3.05, 3.63) is 59.1 Å². The highest BCUT2D eigenvalue weighted by Crippen LogP contribution is 2.23. The molecule has 0 spiro atoms. The molecule has 0 aromatic heterocycles. The van der Waals surface area contributed by atoms with Crippen LogP contribution in [0.5, 0.6) is 0 Å². The molecule has 2 rings (SSSR count). The topological polar surface area (TPSA) is 63.2 Å². The lowest BCUT2D eigenvalue weighted by molar-refractivity contribution is 0.102. The molecular weight excluding hydrogens is 310 g/mol. The number of rotatable bonds is 4. The third-order valence-corrected chi connectivity index (χ3v) is 5.08. The molecule has 0 heterocycles. The van der Waals surface area contributed by atoms with E-state index in [4.69, 9.17) is 11.6 Å². The Labute approximate surface area is 128 Å². The van der Waals surface area contributed by atoms with Crippen LogP contribution in [0.25, 0.3) is 0 Å². The molecule has 0 fully saturated rings. The van der Waals surface area contributed by atoms with E-state index in [9.17, 15) is 13.2 Å². The molecule has 0 bridgehead atoms. The van der Waals surface area contributed by atoms with Gasteiger partial charge in [-0.25, -0.2) is 8.42 Å². The van der Waals surface area contributed by atoms with Gasteiger partial charge in [0.05, 0.1) is 26.9 Å². The molecule has 2 aromatic rings. The van der Waals surface area contributed by atoms with Crippen LogP contribution in [0.15, 0.2) is 53.4 Å². The van der Waals surface area contributed by atoms with Crippen molar-refractivity contribution in [2.45, 2.75) is 11.8 Å². The van der Waals surface area contributed by atoms with Crippen LogP contribution in [0, 0.1) is 0 Å². The maximum Gasteiger partial charge on any atom is 0.257 e. The van der Waals surface area contributed by atoms with Crippen molar-refractivity contribution < 1.29 is 13.2 Å².